The summed E-state index contributed by atoms with van der Waals surface area (Å²) in [6, 6.07) is 4.33. The van der Waals surface area contributed by atoms with E-state index < -0.39 is 0 Å². The predicted octanol–water partition coefficient (Wildman–Crippen LogP) is 1.97. The van der Waals surface area contributed by atoms with Crippen molar-refractivity contribution in [3.05, 3.63) is 18.2 Å². The maximum Gasteiger partial charge on any atom is 0.169 e. The Morgan fingerprint density at radius 3 is 2.06 bits per heavy atom. The summed E-state index contributed by atoms with van der Waals surface area (Å²) in [5, 5.41) is 30.0. The van der Waals surface area contributed by atoms with Crippen molar-refractivity contribution >= 4 is 10.8 Å². The average molecular weight is 236 g/mol. The Labute approximate surface area is 97.5 Å². The van der Waals surface area contributed by atoms with Gasteiger partial charge in [-0.05, 0) is 12.1 Å². The van der Waals surface area contributed by atoms with Crippen LogP contribution in [0.2, 0.25) is 0 Å². The van der Waals surface area contributed by atoms with E-state index in [-0.39, 0.29) is 34.1 Å². The average Bonchev–Trinajstić information content (AvgIpc) is 2.33. The monoisotopic (exact) mass is 236 g/mol. The van der Waals surface area contributed by atoms with Crippen LogP contribution in [0.15, 0.2) is 18.2 Å². The van der Waals surface area contributed by atoms with Crippen LogP contribution in [0, 0.1) is 0 Å². The van der Waals surface area contributed by atoms with Gasteiger partial charge in [-0.15, -0.1) is 0 Å². The maximum atomic E-state index is 9.92. The zero-order chi connectivity index (χ0) is 12.6. The maximum absolute atomic E-state index is 9.92. The summed E-state index contributed by atoms with van der Waals surface area (Å²) in [4.78, 5) is 0. The topological polar surface area (TPSA) is 79.2 Å². The highest BCUT2D eigenvalue weighted by molar-refractivity contribution is 6.00. The van der Waals surface area contributed by atoms with Crippen LogP contribution in [-0.4, -0.2) is 29.5 Å². The third kappa shape index (κ3) is 1.56. The molecule has 0 saturated carbocycles. The van der Waals surface area contributed by atoms with E-state index in [2.05, 4.69) is 0 Å². The first-order valence-corrected chi connectivity index (χ1v) is 4.88. The van der Waals surface area contributed by atoms with E-state index in [1.54, 1.807) is 6.07 Å². The fraction of sp³-hybridized carbons (Fsp3) is 0.167. The Morgan fingerprint density at radius 2 is 1.47 bits per heavy atom. The molecule has 17 heavy (non-hydrogen) atoms. The number of benzene rings is 2. The molecule has 0 bridgehead atoms. The van der Waals surface area contributed by atoms with Crippen molar-refractivity contribution in [3.63, 3.8) is 0 Å². The quantitative estimate of drug-likeness (QED) is 0.695. The SMILES string of the molecule is COc1ccc2c(O)cc(OC)c(O)c2c1O. The molecule has 0 fully saturated rings. The summed E-state index contributed by atoms with van der Waals surface area (Å²) < 4.78 is 9.84. The van der Waals surface area contributed by atoms with Crippen LogP contribution in [0.4, 0.5) is 0 Å². The van der Waals surface area contributed by atoms with Gasteiger partial charge in [-0.2, -0.15) is 0 Å². The Hall–Kier alpha value is -2.30. The van der Waals surface area contributed by atoms with Crippen molar-refractivity contribution in [3.8, 4) is 28.7 Å². The molecule has 5 nitrogen and oxygen atoms in total. The van der Waals surface area contributed by atoms with Gasteiger partial charge in [-0.25, -0.2) is 0 Å². The number of ether oxygens (including phenoxy) is 2. The molecule has 0 aliphatic heterocycles. The molecule has 0 atom stereocenters. The highest BCUT2D eigenvalue weighted by atomic mass is 16.5. The molecule has 0 unspecified atom stereocenters. The minimum atomic E-state index is -0.239. The highest BCUT2D eigenvalue weighted by Gasteiger charge is 2.17. The van der Waals surface area contributed by atoms with Gasteiger partial charge < -0.3 is 24.8 Å². The normalized spacial score (nSPS) is 10.5. The molecule has 3 N–H and O–H groups in total. The van der Waals surface area contributed by atoms with E-state index in [0.29, 0.717) is 5.39 Å². The van der Waals surface area contributed by atoms with E-state index in [9.17, 15) is 15.3 Å². The molecular weight excluding hydrogens is 224 g/mol. The summed E-state index contributed by atoms with van der Waals surface area (Å²) in [6.45, 7) is 0. The molecule has 5 heteroatoms. The summed E-state index contributed by atoms with van der Waals surface area (Å²) in [7, 11) is 2.76. The molecule has 90 valence electrons. The van der Waals surface area contributed by atoms with Crippen molar-refractivity contribution in [2.45, 2.75) is 0 Å². The lowest BCUT2D eigenvalue weighted by Crippen LogP contribution is -1.88. The molecular formula is C12H12O5. The van der Waals surface area contributed by atoms with Crippen LogP contribution in [-0.2, 0) is 0 Å². The van der Waals surface area contributed by atoms with Gasteiger partial charge in [0.05, 0.1) is 19.6 Å². The van der Waals surface area contributed by atoms with Crippen LogP contribution in [0.1, 0.15) is 0 Å². The third-order valence-corrected chi connectivity index (χ3v) is 2.59. The molecule has 0 radical (unpaired) electrons. The number of methoxy groups -OCH3 is 2. The summed E-state index contributed by atoms with van der Waals surface area (Å²) in [6.07, 6.45) is 0. The standard InChI is InChI=1S/C12H12O5/c1-16-8-4-3-6-7(13)5-9(17-2)12(15)10(6)11(8)14/h3-5,13-15H,1-2H3. The van der Waals surface area contributed by atoms with Crippen LogP contribution >= 0.6 is 0 Å². The number of hydrogen-bond donors (Lipinski definition) is 3. The minimum absolute atomic E-state index is 0.0820. The fourth-order valence-corrected chi connectivity index (χ4v) is 1.74. The number of rotatable bonds is 2. The van der Waals surface area contributed by atoms with Crippen molar-refractivity contribution in [2.24, 2.45) is 0 Å². The summed E-state index contributed by atoms with van der Waals surface area (Å²) in [5.74, 6) is -0.278. The second-order valence-corrected chi connectivity index (χ2v) is 3.49. The lowest BCUT2D eigenvalue weighted by atomic mass is 10.1. The largest absolute Gasteiger partial charge is 0.507 e. The zero-order valence-corrected chi connectivity index (χ0v) is 9.39. The van der Waals surface area contributed by atoms with Crippen molar-refractivity contribution in [1.29, 1.82) is 0 Å². The lowest BCUT2D eigenvalue weighted by molar-refractivity contribution is 0.364. The number of hydrogen-bond acceptors (Lipinski definition) is 5. The van der Waals surface area contributed by atoms with E-state index in [1.807, 2.05) is 0 Å². The van der Waals surface area contributed by atoms with Crippen LogP contribution in [0.25, 0.3) is 10.8 Å². The first-order valence-electron chi connectivity index (χ1n) is 4.88. The molecule has 0 heterocycles. The molecule has 0 saturated heterocycles. The number of aromatic hydroxyl groups is 3. The third-order valence-electron chi connectivity index (χ3n) is 2.59. The van der Waals surface area contributed by atoms with E-state index >= 15 is 0 Å². The van der Waals surface area contributed by atoms with E-state index in [1.165, 1.54) is 26.4 Å². The van der Waals surface area contributed by atoms with Crippen molar-refractivity contribution in [2.75, 3.05) is 14.2 Å². The second kappa shape index (κ2) is 3.93. The van der Waals surface area contributed by atoms with E-state index in [4.69, 9.17) is 9.47 Å². The van der Waals surface area contributed by atoms with Gasteiger partial charge in [-0.1, -0.05) is 0 Å². The minimum Gasteiger partial charge on any atom is -0.507 e. The van der Waals surface area contributed by atoms with Crippen LogP contribution < -0.4 is 9.47 Å². The second-order valence-electron chi connectivity index (χ2n) is 3.49. The first kappa shape index (κ1) is 11.2. The highest BCUT2D eigenvalue weighted by Crippen LogP contribution is 2.47. The Balaban J connectivity index is 2.92. The molecule has 0 amide bonds. The molecule has 2 aromatic rings. The molecule has 0 aromatic heterocycles. The molecule has 2 rings (SSSR count). The molecule has 0 aliphatic carbocycles. The molecule has 0 spiro atoms. The van der Waals surface area contributed by atoms with Gasteiger partial charge >= 0.3 is 0 Å². The predicted molar refractivity (Wildman–Crippen MR) is 62.0 cm³/mol. The number of fused-ring (bicyclic) bond motifs is 1. The van der Waals surface area contributed by atoms with Gasteiger partial charge in [-0.3, -0.25) is 0 Å². The number of phenols is 3. The van der Waals surface area contributed by atoms with Crippen LogP contribution in [0.3, 0.4) is 0 Å². The summed E-state index contributed by atoms with van der Waals surface area (Å²) in [5.41, 5.74) is 0. The van der Waals surface area contributed by atoms with Gasteiger partial charge in [0.2, 0.25) is 0 Å². The van der Waals surface area contributed by atoms with Gasteiger partial charge in [0.1, 0.15) is 5.75 Å². The first-order chi connectivity index (χ1) is 8.10. The van der Waals surface area contributed by atoms with E-state index in [0.717, 1.165) is 0 Å². The molecule has 2 aromatic carbocycles. The van der Waals surface area contributed by atoms with Gasteiger partial charge in [0.15, 0.2) is 23.0 Å². The van der Waals surface area contributed by atoms with Gasteiger partial charge in [0.25, 0.3) is 0 Å². The van der Waals surface area contributed by atoms with Crippen molar-refractivity contribution in [1.82, 2.24) is 0 Å². The Bertz CT molecular complexity index is 569. The number of phenolic OH excluding ortho intramolecular Hbond substituents is 3. The van der Waals surface area contributed by atoms with Crippen LogP contribution in [0.5, 0.6) is 28.7 Å². The lowest BCUT2D eigenvalue weighted by Gasteiger charge is -2.12. The smallest absolute Gasteiger partial charge is 0.169 e. The fourth-order valence-electron chi connectivity index (χ4n) is 1.74. The van der Waals surface area contributed by atoms with Crippen molar-refractivity contribution < 1.29 is 24.8 Å². The zero-order valence-electron chi connectivity index (χ0n) is 9.39. The summed E-state index contributed by atoms with van der Waals surface area (Å²) >= 11 is 0. The Morgan fingerprint density at radius 1 is 0.882 bits per heavy atom. The molecule has 0 aliphatic rings. The Kier molecular flexibility index (Phi) is 2.59. The van der Waals surface area contributed by atoms with Gasteiger partial charge in [0, 0.05) is 11.5 Å².